The minimum absolute atomic E-state index is 0.00331. The number of aryl methyl sites for hydroxylation is 1. The monoisotopic (exact) mass is 310 g/mol. The molecule has 0 unspecified atom stereocenters. The molecule has 1 heterocycles. The number of nitrogens with zero attached hydrogens (tertiary/aromatic N) is 2. The first-order chi connectivity index (χ1) is 8.65. The van der Waals surface area contributed by atoms with E-state index < -0.39 is 5.97 Å². The molecule has 0 fully saturated rings. The van der Waals surface area contributed by atoms with Crippen LogP contribution in [0.1, 0.15) is 23.7 Å². The Hall–Kier alpha value is -1.69. The van der Waals surface area contributed by atoms with Gasteiger partial charge in [-0.3, -0.25) is 4.79 Å². The third-order valence-electron chi connectivity index (χ3n) is 2.37. The summed E-state index contributed by atoms with van der Waals surface area (Å²) in [4.78, 5) is 14.6. The summed E-state index contributed by atoms with van der Waals surface area (Å²) in [6.07, 6.45) is 0.812. The number of rotatable bonds is 5. The molecule has 0 amide bonds. The van der Waals surface area contributed by atoms with E-state index >= 15 is 0 Å². The Balaban J connectivity index is 2.02. The summed E-state index contributed by atoms with van der Waals surface area (Å²) in [6.45, 7) is 0. The van der Waals surface area contributed by atoms with Crippen molar-refractivity contribution < 1.29 is 14.4 Å². The minimum atomic E-state index is -0.874. The van der Waals surface area contributed by atoms with Crippen molar-refractivity contribution in [1.29, 1.82) is 0 Å². The van der Waals surface area contributed by atoms with Gasteiger partial charge in [0.2, 0.25) is 5.89 Å². The van der Waals surface area contributed by atoms with E-state index in [-0.39, 0.29) is 12.8 Å². The number of hydrogen-bond donors (Lipinski definition) is 1. The normalized spacial score (nSPS) is 10.5. The second-order valence-electron chi connectivity index (χ2n) is 3.77. The predicted molar refractivity (Wildman–Crippen MR) is 67.2 cm³/mol. The third kappa shape index (κ3) is 3.40. The molecule has 6 heteroatoms. The smallest absolute Gasteiger partial charge is 0.303 e. The molecule has 1 N–H and O–H groups in total. The zero-order valence-electron chi connectivity index (χ0n) is 9.47. The van der Waals surface area contributed by atoms with Crippen molar-refractivity contribution in [1.82, 2.24) is 10.1 Å². The maximum Gasteiger partial charge on any atom is 0.303 e. The summed E-state index contributed by atoms with van der Waals surface area (Å²) in [5, 5.41) is 12.4. The highest BCUT2D eigenvalue weighted by Gasteiger charge is 2.10. The summed E-state index contributed by atoms with van der Waals surface area (Å²) in [7, 11) is 0. The molecule has 94 valence electrons. The van der Waals surface area contributed by atoms with Gasteiger partial charge in [0.1, 0.15) is 0 Å². The van der Waals surface area contributed by atoms with Gasteiger partial charge in [0.05, 0.1) is 6.42 Å². The zero-order chi connectivity index (χ0) is 13.0. The number of aliphatic carboxylic acids is 1. The van der Waals surface area contributed by atoms with E-state index in [1.165, 1.54) is 0 Å². The van der Waals surface area contributed by atoms with Crippen LogP contribution in [-0.4, -0.2) is 21.2 Å². The molecular formula is C12H11BrN2O3. The highest BCUT2D eigenvalue weighted by atomic mass is 79.9. The Labute approximate surface area is 112 Å². The van der Waals surface area contributed by atoms with Crippen LogP contribution in [0, 0.1) is 0 Å². The summed E-state index contributed by atoms with van der Waals surface area (Å²) < 4.78 is 5.98. The minimum Gasteiger partial charge on any atom is -0.481 e. The van der Waals surface area contributed by atoms with Crippen LogP contribution in [0.2, 0.25) is 0 Å². The van der Waals surface area contributed by atoms with Gasteiger partial charge in [0, 0.05) is 17.3 Å². The van der Waals surface area contributed by atoms with E-state index in [2.05, 4.69) is 26.1 Å². The van der Waals surface area contributed by atoms with Crippen molar-refractivity contribution in [3.63, 3.8) is 0 Å². The molecule has 0 aliphatic carbocycles. The van der Waals surface area contributed by atoms with Crippen molar-refractivity contribution >= 4 is 21.9 Å². The molecule has 18 heavy (non-hydrogen) atoms. The Bertz CT molecular complexity index is 554. The Morgan fingerprint density at radius 2 is 2.17 bits per heavy atom. The number of halogens is 1. The SMILES string of the molecule is O=C(O)CCc1nc(Cc2ccccc2Br)no1. The van der Waals surface area contributed by atoms with Gasteiger partial charge in [-0.25, -0.2) is 0 Å². The molecule has 0 aliphatic heterocycles. The van der Waals surface area contributed by atoms with Gasteiger partial charge in [-0.1, -0.05) is 39.3 Å². The number of benzene rings is 1. The van der Waals surface area contributed by atoms with Gasteiger partial charge in [-0.15, -0.1) is 0 Å². The molecule has 1 aromatic carbocycles. The molecular weight excluding hydrogens is 300 g/mol. The number of carboxylic acid groups (broad SMARTS) is 1. The number of carbonyl (C=O) groups is 1. The summed E-state index contributed by atoms with van der Waals surface area (Å²) in [5.41, 5.74) is 1.06. The van der Waals surface area contributed by atoms with E-state index in [1.807, 2.05) is 24.3 Å². The van der Waals surface area contributed by atoms with Crippen LogP contribution in [-0.2, 0) is 17.6 Å². The van der Waals surface area contributed by atoms with Crippen molar-refractivity contribution in [2.24, 2.45) is 0 Å². The molecule has 0 saturated heterocycles. The zero-order valence-corrected chi connectivity index (χ0v) is 11.1. The first-order valence-electron chi connectivity index (χ1n) is 5.42. The first-order valence-corrected chi connectivity index (χ1v) is 6.21. The molecule has 2 aromatic rings. The fraction of sp³-hybridized carbons (Fsp3) is 0.250. The lowest BCUT2D eigenvalue weighted by Crippen LogP contribution is -1.98. The van der Waals surface area contributed by atoms with Crippen molar-refractivity contribution in [3.05, 3.63) is 46.0 Å². The fourth-order valence-corrected chi connectivity index (χ4v) is 1.91. The molecule has 0 bridgehead atoms. The van der Waals surface area contributed by atoms with E-state index in [0.717, 1.165) is 10.0 Å². The fourth-order valence-electron chi connectivity index (χ4n) is 1.49. The number of hydrogen-bond acceptors (Lipinski definition) is 4. The first kappa shape index (κ1) is 12.8. The van der Waals surface area contributed by atoms with Crippen LogP contribution in [0.15, 0.2) is 33.3 Å². The van der Waals surface area contributed by atoms with Crippen LogP contribution >= 0.6 is 15.9 Å². The molecule has 0 radical (unpaired) electrons. The molecule has 0 saturated carbocycles. The summed E-state index contributed by atoms with van der Waals surface area (Å²) in [5.74, 6) is 0.0438. The Morgan fingerprint density at radius 1 is 1.39 bits per heavy atom. The lowest BCUT2D eigenvalue weighted by atomic mass is 10.1. The van der Waals surface area contributed by atoms with E-state index in [9.17, 15) is 4.79 Å². The van der Waals surface area contributed by atoms with E-state index in [1.54, 1.807) is 0 Å². The van der Waals surface area contributed by atoms with Gasteiger partial charge in [-0.2, -0.15) is 4.98 Å². The molecule has 2 rings (SSSR count). The second kappa shape index (κ2) is 5.77. The van der Waals surface area contributed by atoms with Gasteiger partial charge in [0.15, 0.2) is 5.82 Å². The average Bonchev–Trinajstić information content (AvgIpc) is 2.77. The molecule has 0 aliphatic rings. The van der Waals surface area contributed by atoms with Crippen LogP contribution in [0.3, 0.4) is 0 Å². The molecule has 0 atom stereocenters. The summed E-state index contributed by atoms with van der Waals surface area (Å²) in [6, 6.07) is 7.78. The third-order valence-corrected chi connectivity index (χ3v) is 3.14. The van der Waals surface area contributed by atoms with Crippen molar-refractivity contribution in [2.75, 3.05) is 0 Å². The maximum atomic E-state index is 10.4. The lowest BCUT2D eigenvalue weighted by molar-refractivity contribution is -0.137. The highest BCUT2D eigenvalue weighted by molar-refractivity contribution is 9.10. The lowest BCUT2D eigenvalue weighted by Gasteiger charge is -1.99. The quantitative estimate of drug-likeness (QED) is 0.918. The van der Waals surface area contributed by atoms with Gasteiger partial charge in [0.25, 0.3) is 0 Å². The number of carboxylic acids is 1. The maximum absolute atomic E-state index is 10.4. The Morgan fingerprint density at radius 3 is 2.89 bits per heavy atom. The van der Waals surface area contributed by atoms with Gasteiger partial charge in [-0.05, 0) is 11.6 Å². The topological polar surface area (TPSA) is 76.2 Å². The average molecular weight is 311 g/mol. The van der Waals surface area contributed by atoms with Crippen molar-refractivity contribution in [3.8, 4) is 0 Å². The summed E-state index contributed by atoms with van der Waals surface area (Å²) >= 11 is 3.45. The predicted octanol–water partition coefficient (Wildman–Crippen LogP) is 2.44. The molecule has 0 spiro atoms. The van der Waals surface area contributed by atoms with E-state index in [0.29, 0.717) is 18.1 Å². The Kier molecular flexibility index (Phi) is 4.09. The highest BCUT2D eigenvalue weighted by Crippen LogP contribution is 2.18. The second-order valence-corrected chi connectivity index (χ2v) is 4.62. The van der Waals surface area contributed by atoms with Gasteiger partial charge >= 0.3 is 5.97 Å². The van der Waals surface area contributed by atoms with Crippen LogP contribution in [0.25, 0.3) is 0 Å². The molecule has 1 aromatic heterocycles. The van der Waals surface area contributed by atoms with Crippen LogP contribution in [0.5, 0.6) is 0 Å². The van der Waals surface area contributed by atoms with Crippen LogP contribution in [0.4, 0.5) is 0 Å². The largest absolute Gasteiger partial charge is 0.481 e. The van der Waals surface area contributed by atoms with Gasteiger partial charge < -0.3 is 9.63 Å². The standard InChI is InChI=1S/C12H11BrN2O3/c13-9-4-2-1-3-8(9)7-10-14-11(18-15-10)5-6-12(16)17/h1-4H,5-7H2,(H,16,17). The van der Waals surface area contributed by atoms with E-state index in [4.69, 9.17) is 9.63 Å². The molecule has 5 nitrogen and oxygen atoms in total. The number of aromatic nitrogens is 2. The van der Waals surface area contributed by atoms with Crippen LogP contribution < -0.4 is 0 Å². The van der Waals surface area contributed by atoms with Crippen molar-refractivity contribution in [2.45, 2.75) is 19.3 Å².